The molecule has 4 heteroatoms. The third kappa shape index (κ3) is 57.1. The van der Waals surface area contributed by atoms with Gasteiger partial charge in [0.05, 0.1) is 19.3 Å². The average molecular weight is 887 g/mol. The van der Waals surface area contributed by atoms with E-state index in [4.69, 9.17) is 14.3 Å². The van der Waals surface area contributed by atoms with E-state index in [2.05, 4.69) is 69.6 Å². The number of hydrogen-bond donors (Lipinski definition) is 1. The third-order valence-corrected chi connectivity index (χ3v) is 12.7. The summed E-state index contributed by atoms with van der Waals surface area (Å²) < 4.78 is 12.5. The van der Waals surface area contributed by atoms with Gasteiger partial charge in [0, 0.05) is 19.8 Å². The fourth-order valence-electron chi connectivity index (χ4n) is 8.38. The van der Waals surface area contributed by atoms with Crippen LogP contribution in [-0.2, 0) is 14.3 Å². The van der Waals surface area contributed by atoms with E-state index in [-0.39, 0.29) is 6.10 Å². The van der Waals surface area contributed by atoms with Gasteiger partial charge in [0.15, 0.2) is 0 Å². The first kappa shape index (κ1) is 62.1. The van der Waals surface area contributed by atoms with Gasteiger partial charge >= 0.3 is 0 Å². The zero-order chi connectivity index (χ0) is 45.5. The van der Waals surface area contributed by atoms with E-state index in [1.807, 2.05) is 0 Å². The fourth-order valence-corrected chi connectivity index (χ4v) is 8.38. The number of rotatable bonds is 55. The highest BCUT2D eigenvalue weighted by Crippen LogP contribution is 2.15. The summed E-state index contributed by atoms with van der Waals surface area (Å²) >= 11 is 0. The highest BCUT2D eigenvalue weighted by molar-refractivity contribution is 4.82. The Bertz CT molecular complexity index is 899. The molecule has 0 saturated heterocycles. The highest BCUT2D eigenvalue weighted by Gasteiger charge is 2.10. The van der Waals surface area contributed by atoms with Crippen LogP contribution in [0, 0.1) is 5.92 Å². The van der Waals surface area contributed by atoms with Crippen LogP contribution in [0.5, 0.6) is 0 Å². The van der Waals surface area contributed by atoms with Crippen molar-refractivity contribution in [3.05, 3.63) is 36.5 Å². The van der Waals surface area contributed by atoms with Gasteiger partial charge in [0.25, 0.3) is 0 Å². The third-order valence-electron chi connectivity index (χ3n) is 12.7. The van der Waals surface area contributed by atoms with Crippen molar-refractivity contribution >= 4 is 0 Å². The minimum atomic E-state index is 0.0517. The first-order chi connectivity index (χ1) is 31.2. The number of hydroxylamine groups is 1. The van der Waals surface area contributed by atoms with Crippen molar-refractivity contribution in [1.82, 2.24) is 5.48 Å². The maximum atomic E-state index is 6.35. The normalized spacial score (nSPS) is 12.7. The van der Waals surface area contributed by atoms with Crippen LogP contribution in [0.1, 0.15) is 297 Å². The summed E-state index contributed by atoms with van der Waals surface area (Å²) in [5.41, 5.74) is 3.23. The second kappa shape index (κ2) is 57.2. The molecule has 0 heterocycles. The van der Waals surface area contributed by atoms with E-state index >= 15 is 0 Å². The van der Waals surface area contributed by atoms with E-state index in [1.54, 1.807) is 0 Å². The number of hydrogen-bond acceptors (Lipinski definition) is 4. The van der Waals surface area contributed by atoms with Crippen molar-refractivity contribution in [2.24, 2.45) is 5.92 Å². The summed E-state index contributed by atoms with van der Waals surface area (Å²) in [6.45, 7) is 13.0. The summed E-state index contributed by atoms with van der Waals surface area (Å²) in [5, 5.41) is 0. The Morgan fingerprint density at radius 1 is 0.349 bits per heavy atom. The Morgan fingerprint density at radius 3 is 1.05 bits per heavy atom. The molecule has 1 atom stereocenters. The maximum Gasteiger partial charge on any atom is 0.0955 e. The molecule has 0 rings (SSSR count). The smallest absolute Gasteiger partial charge is 0.0955 e. The van der Waals surface area contributed by atoms with Gasteiger partial charge < -0.3 is 14.3 Å². The van der Waals surface area contributed by atoms with E-state index in [0.717, 1.165) is 45.0 Å². The first-order valence-electron chi connectivity index (χ1n) is 28.7. The van der Waals surface area contributed by atoms with Gasteiger partial charge in [-0.2, -0.15) is 5.48 Å². The van der Waals surface area contributed by atoms with Crippen molar-refractivity contribution in [3.63, 3.8) is 0 Å². The van der Waals surface area contributed by atoms with E-state index in [9.17, 15) is 0 Å². The lowest BCUT2D eigenvalue weighted by Crippen LogP contribution is -2.33. The van der Waals surface area contributed by atoms with Crippen molar-refractivity contribution in [2.75, 3.05) is 33.0 Å². The van der Waals surface area contributed by atoms with E-state index in [0.29, 0.717) is 13.2 Å². The predicted molar refractivity (Wildman–Crippen MR) is 282 cm³/mol. The molecule has 4 nitrogen and oxygen atoms in total. The number of nitrogens with one attached hydrogen (secondary N) is 1. The van der Waals surface area contributed by atoms with Crippen LogP contribution in [0.4, 0.5) is 0 Å². The van der Waals surface area contributed by atoms with Gasteiger partial charge in [-0.1, -0.05) is 238 Å². The molecule has 0 aromatic carbocycles. The lowest BCUT2D eigenvalue weighted by Gasteiger charge is -2.19. The SMILES string of the molecule is CCCCCCCC/C=C\CCCCCCCCOCC(CNOCCCCCCCC/C=C\CCCCCCCC(C)C)OCCCCCCCC/C=C\CCCCCCCC. The van der Waals surface area contributed by atoms with Crippen LogP contribution < -0.4 is 5.48 Å². The summed E-state index contributed by atoms with van der Waals surface area (Å²) in [7, 11) is 0. The maximum absolute atomic E-state index is 6.35. The highest BCUT2D eigenvalue weighted by atomic mass is 16.6. The summed E-state index contributed by atoms with van der Waals surface area (Å²) in [6.07, 6.45) is 70.6. The van der Waals surface area contributed by atoms with Crippen LogP contribution in [0.2, 0.25) is 0 Å². The molecule has 374 valence electrons. The molecule has 0 radical (unpaired) electrons. The number of allylic oxidation sites excluding steroid dienone is 6. The summed E-state index contributed by atoms with van der Waals surface area (Å²) in [4.78, 5) is 5.87. The predicted octanol–water partition coefficient (Wildman–Crippen LogP) is 19.7. The van der Waals surface area contributed by atoms with Crippen molar-refractivity contribution in [1.29, 1.82) is 0 Å². The van der Waals surface area contributed by atoms with Crippen LogP contribution in [0.25, 0.3) is 0 Å². The molecule has 0 aromatic heterocycles. The van der Waals surface area contributed by atoms with Gasteiger partial charge in [-0.15, -0.1) is 0 Å². The van der Waals surface area contributed by atoms with Gasteiger partial charge in [0.2, 0.25) is 0 Å². The molecule has 0 bridgehead atoms. The minimum Gasteiger partial charge on any atom is -0.379 e. The standard InChI is InChI=1S/C59H115NO3/c1-5-7-9-11-13-15-17-19-21-25-29-33-37-41-45-49-53-61-57-59(62-54-50-46-42-38-34-30-26-22-20-18-16-14-12-10-8-6-2)56-60-63-55-51-47-43-39-35-31-27-23-24-28-32-36-40-44-48-52-58(3)4/h19-24,58-60H,5-18,25-57H2,1-4H3/b21-19-,22-20-,24-23-. The van der Waals surface area contributed by atoms with Crippen LogP contribution in [0.3, 0.4) is 0 Å². The lowest BCUT2D eigenvalue weighted by molar-refractivity contribution is -0.0498. The molecule has 1 unspecified atom stereocenters. The molecular formula is C59H115NO3. The Hall–Kier alpha value is -0.940. The first-order valence-corrected chi connectivity index (χ1v) is 28.7. The molecule has 63 heavy (non-hydrogen) atoms. The van der Waals surface area contributed by atoms with Crippen LogP contribution in [-0.4, -0.2) is 39.1 Å². The van der Waals surface area contributed by atoms with Gasteiger partial charge in [-0.3, -0.25) is 0 Å². The lowest BCUT2D eigenvalue weighted by atomic mass is 10.0. The molecule has 0 fully saturated rings. The average Bonchev–Trinajstić information content (AvgIpc) is 3.28. The van der Waals surface area contributed by atoms with Crippen LogP contribution >= 0.6 is 0 Å². The molecule has 0 saturated carbocycles. The topological polar surface area (TPSA) is 39.7 Å². The van der Waals surface area contributed by atoms with E-state index < -0.39 is 0 Å². The minimum absolute atomic E-state index is 0.0517. The van der Waals surface area contributed by atoms with Crippen molar-refractivity contribution < 1.29 is 14.3 Å². The quantitative estimate of drug-likeness (QED) is 0.0375. The van der Waals surface area contributed by atoms with Crippen molar-refractivity contribution in [3.8, 4) is 0 Å². The van der Waals surface area contributed by atoms with Gasteiger partial charge in [0.1, 0.15) is 0 Å². The summed E-state index contributed by atoms with van der Waals surface area (Å²) in [6, 6.07) is 0. The molecular weight excluding hydrogens is 771 g/mol. The zero-order valence-electron chi connectivity index (χ0n) is 43.6. The summed E-state index contributed by atoms with van der Waals surface area (Å²) in [5.74, 6) is 0.865. The van der Waals surface area contributed by atoms with Gasteiger partial charge in [-0.25, -0.2) is 0 Å². The second-order valence-corrected chi connectivity index (χ2v) is 19.8. The Kier molecular flexibility index (Phi) is 56.3. The Balaban J connectivity index is 4.05. The number of unbranched alkanes of at least 4 members (excludes halogenated alkanes) is 35. The Morgan fingerprint density at radius 2 is 0.667 bits per heavy atom. The second-order valence-electron chi connectivity index (χ2n) is 19.8. The number of ether oxygens (including phenoxy) is 2. The van der Waals surface area contributed by atoms with E-state index in [1.165, 1.54) is 250 Å². The molecule has 0 aliphatic carbocycles. The fraction of sp³-hybridized carbons (Fsp3) is 0.898. The zero-order valence-corrected chi connectivity index (χ0v) is 43.6. The monoisotopic (exact) mass is 886 g/mol. The van der Waals surface area contributed by atoms with Gasteiger partial charge in [-0.05, 0) is 102 Å². The Labute approximate surface area is 397 Å². The largest absolute Gasteiger partial charge is 0.379 e. The molecule has 0 aliphatic heterocycles. The molecule has 0 amide bonds. The molecule has 0 aromatic rings. The van der Waals surface area contributed by atoms with Crippen molar-refractivity contribution in [2.45, 2.75) is 303 Å². The molecule has 1 N–H and O–H groups in total. The molecule has 0 spiro atoms. The van der Waals surface area contributed by atoms with Crippen LogP contribution in [0.15, 0.2) is 36.5 Å². The molecule has 0 aliphatic rings.